The molecule has 30 heavy (non-hydrogen) atoms. The lowest BCUT2D eigenvalue weighted by atomic mass is 10.1. The summed E-state index contributed by atoms with van der Waals surface area (Å²) < 4.78 is 19.2. The molecule has 1 aliphatic rings. The summed E-state index contributed by atoms with van der Waals surface area (Å²) in [5.74, 6) is 0.427. The van der Waals surface area contributed by atoms with Gasteiger partial charge in [0.05, 0.1) is 40.9 Å². The Balaban J connectivity index is 1.70. The average Bonchev–Trinajstić information content (AvgIpc) is 2.76. The largest absolute Gasteiger partial charge is 0.375 e. The molecule has 0 spiro atoms. The lowest BCUT2D eigenvalue weighted by Gasteiger charge is -2.30. The van der Waals surface area contributed by atoms with Gasteiger partial charge in [-0.15, -0.1) is 0 Å². The van der Waals surface area contributed by atoms with Gasteiger partial charge < -0.3 is 9.64 Å². The molecule has 0 atom stereocenters. The summed E-state index contributed by atoms with van der Waals surface area (Å²) >= 11 is 6.45. The molecule has 1 aromatic heterocycles. The third-order valence-corrected chi connectivity index (χ3v) is 5.03. The van der Waals surface area contributed by atoms with Crippen molar-refractivity contribution in [2.45, 2.75) is 20.1 Å². The van der Waals surface area contributed by atoms with Gasteiger partial charge in [-0.2, -0.15) is 0 Å². The number of fused-ring (bicyclic) bond motifs is 1. The van der Waals surface area contributed by atoms with Gasteiger partial charge in [-0.3, -0.25) is 4.98 Å². The van der Waals surface area contributed by atoms with E-state index in [1.54, 1.807) is 6.07 Å². The number of pyridine rings is 1. The molecule has 3 aromatic rings. The molecule has 0 unspecified atom stereocenters. The van der Waals surface area contributed by atoms with Crippen molar-refractivity contribution in [1.82, 2.24) is 4.98 Å². The van der Waals surface area contributed by atoms with Crippen molar-refractivity contribution in [1.29, 1.82) is 0 Å². The predicted molar refractivity (Wildman–Crippen MR) is 120 cm³/mol. The predicted octanol–water partition coefficient (Wildman–Crippen LogP) is 6.17. The normalized spacial score (nSPS) is 13.4. The molecule has 2 aromatic carbocycles. The third-order valence-electron chi connectivity index (χ3n) is 4.71. The zero-order chi connectivity index (χ0) is 20.9. The van der Waals surface area contributed by atoms with Crippen molar-refractivity contribution in [3.05, 3.63) is 94.5 Å². The van der Waals surface area contributed by atoms with Gasteiger partial charge >= 0.3 is 0 Å². The maximum absolute atomic E-state index is 13.8. The van der Waals surface area contributed by atoms with Gasteiger partial charge in [-0.1, -0.05) is 29.8 Å². The van der Waals surface area contributed by atoms with Crippen molar-refractivity contribution in [3.8, 4) is 0 Å². The molecule has 0 saturated heterocycles. The first-order chi connectivity index (χ1) is 14.6. The van der Waals surface area contributed by atoms with Crippen LogP contribution in [0.5, 0.6) is 0 Å². The molecular formula is C24H21ClFN3O. The number of hydrogen-bond donors (Lipinski definition) is 0. The van der Waals surface area contributed by atoms with Gasteiger partial charge in [0, 0.05) is 12.2 Å². The Labute approximate surface area is 180 Å². The van der Waals surface area contributed by atoms with Crippen LogP contribution >= 0.6 is 11.6 Å². The molecule has 0 bridgehead atoms. The van der Waals surface area contributed by atoms with Crippen LogP contribution in [0.25, 0.3) is 6.08 Å². The standard InChI is InChI=1S/C24H21ClFN3O/c1-2-30-16-20-7-5-6-19(27-20)11-13-24-28-22-12-10-18(26)14-17(22)15-29(24)23-9-4-3-8-21(23)25/h3-14H,2,15-16H2,1H3. The van der Waals surface area contributed by atoms with Crippen LogP contribution in [0.4, 0.5) is 15.8 Å². The molecule has 4 nitrogen and oxygen atoms in total. The van der Waals surface area contributed by atoms with E-state index in [1.807, 2.05) is 66.4 Å². The Morgan fingerprint density at radius 1 is 1.10 bits per heavy atom. The second-order valence-corrected chi connectivity index (χ2v) is 7.21. The van der Waals surface area contributed by atoms with E-state index in [4.69, 9.17) is 21.3 Å². The number of aromatic nitrogens is 1. The van der Waals surface area contributed by atoms with Crippen molar-refractivity contribution in [2.24, 2.45) is 4.99 Å². The smallest absolute Gasteiger partial charge is 0.134 e. The molecule has 0 aliphatic carbocycles. The summed E-state index contributed by atoms with van der Waals surface area (Å²) in [6.07, 6.45) is 3.81. The minimum absolute atomic E-state index is 0.280. The van der Waals surface area contributed by atoms with Crippen LogP contribution in [-0.2, 0) is 17.9 Å². The van der Waals surface area contributed by atoms with Crippen molar-refractivity contribution < 1.29 is 9.13 Å². The summed E-state index contributed by atoms with van der Waals surface area (Å²) in [4.78, 5) is 11.3. The lowest BCUT2D eigenvalue weighted by molar-refractivity contribution is 0.131. The quantitative estimate of drug-likeness (QED) is 0.477. The second-order valence-electron chi connectivity index (χ2n) is 6.80. The van der Waals surface area contributed by atoms with Gasteiger partial charge in [0.15, 0.2) is 0 Å². The average molecular weight is 422 g/mol. The zero-order valence-electron chi connectivity index (χ0n) is 16.6. The summed E-state index contributed by atoms with van der Waals surface area (Å²) in [7, 11) is 0. The van der Waals surface area contributed by atoms with Crippen LogP contribution in [0, 0.1) is 5.82 Å². The monoisotopic (exact) mass is 421 g/mol. The number of rotatable bonds is 6. The molecule has 0 fully saturated rings. The number of anilines is 1. The fourth-order valence-corrected chi connectivity index (χ4v) is 3.51. The van der Waals surface area contributed by atoms with Gasteiger partial charge in [-0.05, 0) is 61.5 Å². The van der Waals surface area contributed by atoms with Crippen LogP contribution in [0.1, 0.15) is 23.9 Å². The number of nitrogens with zero attached hydrogens (tertiary/aromatic N) is 3. The second kappa shape index (κ2) is 9.20. The molecule has 1 aliphatic heterocycles. The molecule has 0 amide bonds. The fourth-order valence-electron chi connectivity index (χ4n) is 3.27. The van der Waals surface area contributed by atoms with Gasteiger partial charge in [0.25, 0.3) is 0 Å². The first kappa shape index (κ1) is 20.3. The highest BCUT2D eigenvalue weighted by molar-refractivity contribution is 6.34. The van der Waals surface area contributed by atoms with Crippen LogP contribution in [0.15, 0.2) is 71.7 Å². The summed E-state index contributed by atoms with van der Waals surface area (Å²) in [5.41, 5.74) is 4.05. The Kier molecular flexibility index (Phi) is 6.21. The van der Waals surface area contributed by atoms with Crippen LogP contribution in [0.2, 0.25) is 5.02 Å². The van der Waals surface area contributed by atoms with Crippen LogP contribution in [0.3, 0.4) is 0 Å². The Morgan fingerprint density at radius 3 is 2.80 bits per heavy atom. The highest BCUT2D eigenvalue weighted by Gasteiger charge is 2.21. The Morgan fingerprint density at radius 2 is 1.97 bits per heavy atom. The SMILES string of the molecule is CCOCc1cccc(C=CC2=Nc3ccc(F)cc3CN2c2ccccc2Cl)n1. The summed E-state index contributed by atoms with van der Waals surface area (Å²) in [5, 5.41) is 0.607. The van der Waals surface area contributed by atoms with E-state index in [2.05, 4.69) is 4.98 Å². The molecular weight excluding hydrogens is 401 g/mol. The van der Waals surface area contributed by atoms with E-state index in [1.165, 1.54) is 12.1 Å². The molecule has 6 heteroatoms. The number of aliphatic imine (C=N–C) groups is 1. The molecule has 2 heterocycles. The summed E-state index contributed by atoms with van der Waals surface area (Å²) in [6.45, 7) is 3.55. The van der Waals surface area contributed by atoms with E-state index in [0.717, 1.165) is 28.3 Å². The number of ether oxygens (including phenoxy) is 1. The van der Waals surface area contributed by atoms with E-state index in [0.29, 0.717) is 30.6 Å². The molecule has 152 valence electrons. The lowest BCUT2D eigenvalue weighted by Crippen LogP contribution is -2.31. The summed E-state index contributed by atoms with van der Waals surface area (Å²) in [6, 6.07) is 18.0. The van der Waals surface area contributed by atoms with E-state index in [9.17, 15) is 4.39 Å². The Hall–Kier alpha value is -3.02. The number of amidine groups is 1. The van der Waals surface area contributed by atoms with Crippen molar-refractivity contribution >= 4 is 34.9 Å². The highest BCUT2D eigenvalue weighted by Crippen LogP contribution is 2.34. The van der Waals surface area contributed by atoms with E-state index >= 15 is 0 Å². The van der Waals surface area contributed by atoms with Gasteiger partial charge in [-0.25, -0.2) is 9.38 Å². The first-order valence-corrected chi connectivity index (χ1v) is 10.1. The molecule has 0 saturated carbocycles. The van der Waals surface area contributed by atoms with Gasteiger partial charge in [0.1, 0.15) is 11.7 Å². The fraction of sp³-hybridized carbons (Fsp3) is 0.167. The van der Waals surface area contributed by atoms with E-state index in [-0.39, 0.29) is 5.82 Å². The number of halogens is 2. The van der Waals surface area contributed by atoms with Crippen molar-refractivity contribution in [3.63, 3.8) is 0 Å². The minimum atomic E-state index is -0.280. The topological polar surface area (TPSA) is 37.7 Å². The molecule has 0 radical (unpaired) electrons. The minimum Gasteiger partial charge on any atom is -0.375 e. The molecule has 4 rings (SSSR count). The Bertz CT molecular complexity index is 1110. The molecule has 0 N–H and O–H groups in total. The maximum atomic E-state index is 13.8. The third kappa shape index (κ3) is 4.58. The van der Waals surface area contributed by atoms with E-state index < -0.39 is 0 Å². The zero-order valence-corrected chi connectivity index (χ0v) is 17.3. The maximum Gasteiger partial charge on any atom is 0.134 e. The first-order valence-electron chi connectivity index (χ1n) is 9.75. The number of benzene rings is 2. The van der Waals surface area contributed by atoms with Crippen molar-refractivity contribution in [2.75, 3.05) is 11.5 Å². The number of hydrogen-bond acceptors (Lipinski definition) is 4. The van der Waals surface area contributed by atoms with Crippen LogP contribution in [-0.4, -0.2) is 17.4 Å². The van der Waals surface area contributed by atoms with Crippen LogP contribution < -0.4 is 4.90 Å². The van der Waals surface area contributed by atoms with Gasteiger partial charge in [0.2, 0.25) is 0 Å². The number of para-hydroxylation sites is 1. The highest BCUT2D eigenvalue weighted by atomic mass is 35.5.